The molecule has 0 radical (unpaired) electrons. The minimum absolute atomic E-state index is 0.471. The Morgan fingerprint density at radius 1 is 0.583 bits per heavy atom. The van der Waals surface area contributed by atoms with Crippen LogP contribution in [0.3, 0.4) is 0 Å². The second-order valence-corrected chi connectivity index (χ2v) is 4.65. The van der Waals surface area contributed by atoms with E-state index in [1.807, 2.05) is 0 Å². The Hall–Kier alpha value is -0.880. The van der Waals surface area contributed by atoms with Crippen LogP contribution in [0.5, 0.6) is 0 Å². The fourth-order valence-corrected chi connectivity index (χ4v) is 1.41. The number of rotatable bonds is 7. The Kier molecular flexibility index (Phi) is 6.21. The molecule has 24 heavy (non-hydrogen) atoms. The van der Waals surface area contributed by atoms with E-state index in [2.05, 4.69) is 0 Å². The van der Waals surface area contributed by atoms with Crippen molar-refractivity contribution in [1.29, 1.82) is 0 Å². The van der Waals surface area contributed by atoms with Crippen LogP contribution in [0, 0.1) is 0 Å². The van der Waals surface area contributed by atoms with Gasteiger partial charge >= 0.3 is 35.8 Å². The van der Waals surface area contributed by atoms with Crippen molar-refractivity contribution in [3.8, 4) is 0 Å². The average Bonchev–Trinajstić information content (AvgIpc) is 2.36. The number of hydrogen-bond acceptors (Lipinski definition) is 0. The molecule has 0 spiro atoms. The van der Waals surface area contributed by atoms with Gasteiger partial charge in [0.25, 0.3) is 0 Å². The molecule has 0 nitrogen and oxygen atoms in total. The van der Waals surface area contributed by atoms with Crippen LogP contribution in [-0.2, 0) is 0 Å². The van der Waals surface area contributed by atoms with Crippen molar-refractivity contribution in [2.75, 3.05) is 0 Å². The summed E-state index contributed by atoms with van der Waals surface area (Å²) < 4.78 is 164. The van der Waals surface area contributed by atoms with Crippen LogP contribution in [0.1, 0.15) is 12.8 Å². The van der Waals surface area contributed by atoms with Gasteiger partial charge in [0.05, 0.1) is 0 Å². The van der Waals surface area contributed by atoms with Gasteiger partial charge in [-0.15, -0.1) is 0 Å². The van der Waals surface area contributed by atoms with Crippen molar-refractivity contribution in [3.63, 3.8) is 0 Å². The van der Waals surface area contributed by atoms with Gasteiger partial charge < -0.3 is 0 Å². The van der Waals surface area contributed by atoms with Crippen LogP contribution in [0.25, 0.3) is 0 Å². The molecule has 0 N–H and O–H groups in total. The van der Waals surface area contributed by atoms with Crippen LogP contribution >= 0.6 is 11.6 Å². The van der Waals surface area contributed by atoms with E-state index in [1.165, 1.54) is 0 Å². The maximum absolute atomic E-state index is 13.1. The summed E-state index contributed by atoms with van der Waals surface area (Å²) in [4.78, 5) is 0. The summed E-state index contributed by atoms with van der Waals surface area (Å²) in [7, 11) is 0. The van der Waals surface area contributed by atoms with E-state index in [0.717, 1.165) is 0 Å². The van der Waals surface area contributed by atoms with Crippen molar-refractivity contribution >= 4 is 11.6 Å². The highest BCUT2D eigenvalue weighted by molar-refractivity contribution is 6.25. The number of allylic oxidation sites excluding steroid dienone is 1. The second-order valence-electron chi connectivity index (χ2n) is 4.40. The lowest BCUT2D eigenvalue weighted by Gasteiger charge is -2.39. The summed E-state index contributed by atoms with van der Waals surface area (Å²) in [5.74, 6) is -36.5. The largest absolute Gasteiger partial charge is 0.460 e. The fraction of sp³-hybridized carbons (Fsp3) is 0.800. The molecule has 0 aliphatic rings. The first kappa shape index (κ1) is 23.1. The molecule has 0 fully saturated rings. The summed E-state index contributed by atoms with van der Waals surface area (Å²) in [6.07, 6.45) is -10.3. The van der Waals surface area contributed by atoms with Crippen LogP contribution in [0.15, 0.2) is 11.6 Å². The zero-order valence-electron chi connectivity index (χ0n) is 10.9. The van der Waals surface area contributed by atoms with E-state index in [9.17, 15) is 57.1 Å². The van der Waals surface area contributed by atoms with Gasteiger partial charge in [-0.3, -0.25) is 0 Å². The first-order valence-corrected chi connectivity index (χ1v) is 5.96. The minimum Gasteiger partial charge on any atom is -0.200 e. The molecule has 0 aliphatic heterocycles. The van der Waals surface area contributed by atoms with E-state index in [4.69, 9.17) is 11.6 Å². The molecule has 0 aromatic carbocycles. The van der Waals surface area contributed by atoms with Gasteiger partial charge in [-0.25, -0.2) is 0 Å². The molecule has 14 heteroatoms. The quantitative estimate of drug-likeness (QED) is 0.436. The lowest BCUT2D eigenvalue weighted by molar-refractivity contribution is -0.440. The standard InChI is InChI=1S/C10H6ClF13/c11-4-2-1-3-5(12,13)6(14,15)7(16,17)8(18,19)9(20,21)10(22,23)24/h2,4H,1,3H2/b4-2-. The average molecular weight is 409 g/mol. The highest BCUT2D eigenvalue weighted by Crippen LogP contribution is 2.60. The van der Waals surface area contributed by atoms with Crippen LogP contribution in [0.2, 0.25) is 0 Å². The van der Waals surface area contributed by atoms with E-state index in [-0.39, 0.29) is 0 Å². The van der Waals surface area contributed by atoms with Crippen LogP contribution in [0.4, 0.5) is 57.1 Å². The Bertz CT molecular complexity index is 462. The Labute approximate surface area is 130 Å². The topological polar surface area (TPSA) is 0 Å². The van der Waals surface area contributed by atoms with Gasteiger partial charge in [0.15, 0.2) is 0 Å². The van der Waals surface area contributed by atoms with Gasteiger partial charge in [0.1, 0.15) is 0 Å². The van der Waals surface area contributed by atoms with Crippen molar-refractivity contribution in [2.45, 2.75) is 48.6 Å². The molecule has 0 aromatic heterocycles. The zero-order valence-corrected chi connectivity index (χ0v) is 11.6. The number of hydrogen-bond donors (Lipinski definition) is 0. The third-order valence-electron chi connectivity index (χ3n) is 2.71. The van der Waals surface area contributed by atoms with Gasteiger partial charge in [0, 0.05) is 12.0 Å². The van der Waals surface area contributed by atoms with Crippen molar-refractivity contribution in [1.82, 2.24) is 0 Å². The van der Waals surface area contributed by atoms with Crippen molar-refractivity contribution < 1.29 is 57.1 Å². The number of alkyl halides is 13. The molecule has 144 valence electrons. The summed E-state index contributed by atoms with van der Waals surface area (Å²) in [6, 6.07) is 0. The zero-order chi connectivity index (χ0) is 19.8. The summed E-state index contributed by atoms with van der Waals surface area (Å²) in [5.41, 5.74) is 0.471. The SMILES string of the molecule is FC(F)(F)C(F)(F)C(F)(F)C(F)(F)C(F)(F)C(F)(F)CC/C=C\Cl. The highest BCUT2D eigenvalue weighted by atomic mass is 35.5. The fourth-order valence-electron chi connectivity index (χ4n) is 1.29. The van der Waals surface area contributed by atoms with E-state index >= 15 is 0 Å². The van der Waals surface area contributed by atoms with Gasteiger partial charge in [-0.05, 0) is 6.42 Å². The minimum atomic E-state index is -7.85. The molecule has 0 atom stereocenters. The molecule has 0 bridgehead atoms. The Morgan fingerprint density at radius 3 is 1.29 bits per heavy atom. The molecule has 0 aromatic rings. The molecule has 0 saturated carbocycles. The Morgan fingerprint density at radius 2 is 0.958 bits per heavy atom. The lowest BCUT2D eigenvalue weighted by atomic mass is 9.92. The normalized spacial score (nSPS) is 16.1. The van der Waals surface area contributed by atoms with Crippen molar-refractivity contribution in [2.24, 2.45) is 0 Å². The predicted molar refractivity (Wildman–Crippen MR) is 55.0 cm³/mol. The van der Waals surface area contributed by atoms with Crippen molar-refractivity contribution in [3.05, 3.63) is 11.6 Å². The summed E-state index contributed by atoms with van der Waals surface area (Å²) >= 11 is 4.81. The van der Waals surface area contributed by atoms with Gasteiger partial charge in [0.2, 0.25) is 0 Å². The molecule has 0 heterocycles. The van der Waals surface area contributed by atoms with Gasteiger partial charge in [-0.2, -0.15) is 57.1 Å². The number of halogens is 14. The van der Waals surface area contributed by atoms with E-state index in [0.29, 0.717) is 11.6 Å². The molecule has 0 rings (SSSR count). The first-order chi connectivity index (χ1) is 10.3. The highest BCUT2D eigenvalue weighted by Gasteiger charge is 2.90. The van der Waals surface area contributed by atoms with E-state index in [1.54, 1.807) is 0 Å². The molecule has 0 amide bonds. The Balaban J connectivity index is 6.01. The van der Waals surface area contributed by atoms with E-state index < -0.39 is 48.6 Å². The third kappa shape index (κ3) is 3.40. The maximum atomic E-state index is 13.1. The lowest BCUT2D eigenvalue weighted by Crippen LogP contribution is -2.70. The summed E-state index contributed by atoms with van der Waals surface area (Å²) in [6.45, 7) is 0. The molecule has 0 unspecified atom stereocenters. The molecule has 0 aliphatic carbocycles. The van der Waals surface area contributed by atoms with Crippen LogP contribution in [-0.4, -0.2) is 35.8 Å². The molecule has 0 saturated heterocycles. The monoisotopic (exact) mass is 408 g/mol. The first-order valence-electron chi connectivity index (χ1n) is 5.52. The predicted octanol–water partition coefficient (Wildman–Crippen LogP) is 6.26. The molecular formula is C10H6ClF13. The summed E-state index contributed by atoms with van der Waals surface area (Å²) in [5, 5.41) is 0. The molecular weight excluding hydrogens is 403 g/mol. The smallest absolute Gasteiger partial charge is 0.200 e. The van der Waals surface area contributed by atoms with Gasteiger partial charge in [-0.1, -0.05) is 17.7 Å². The van der Waals surface area contributed by atoms with Crippen LogP contribution < -0.4 is 0 Å². The maximum Gasteiger partial charge on any atom is 0.460 e. The third-order valence-corrected chi connectivity index (χ3v) is 2.89. The second kappa shape index (κ2) is 6.45.